The molecule has 0 amide bonds. The second-order valence-corrected chi connectivity index (χ2v) is 6.67. The molecule has 2 saturated carbocycles. The fourth-order valence-electron chi connectivity index (χ4n) is 2.11. The Bertz CT molecular complexity index is 311. The lowest BCUT2D eigenvalue weighted by Gasteiger charge is -2.21. The van der Waals surface area contributed by atoms with E-state index in [2.05, 4.69) is 4.72 Å². The molecule has 4 nitrogen and oxygen atoms in total. The summed E-state index contributed by atoms with van der Waals surface area (Å²) in [5, 5.41) is 9.60. The molecule has 88 valence electrons. The lowest BCUT2D eigenvalue weighted by molar-refractivity contribution is 0.130. The van der Waals surface area contributed by atoms with Crippen molar-refractivity contribution in [1.29, 1.82) is 0 Å². The average molecular weight is 233 g/mol. The van der Waals surface area contributed by atoms with Gasteiger partial charge in [0.25, 0.3) is 0 Å². The molecule has 0 heterocycles. The molecule has 0 bridgehead atoms. The third-order valence-electron chi connectivity index (χ3n) is 3.26. The highest BCUT2D eigenvalue weighted by molar-refractivity contribution is 7.90. The summed E-state index contributed by atoms with van der Waals surface area (Å²) >= 11 is 0. The average Bonchev–Trinajstić information content (AvgIpc) is 2.95. The maximum absolute atomic E-state index is 11.7. The van der Waals surface area contributed by atoms with Crippen LogP contribution in [0.1, 0.15) is 44.9 Å². The normalized spacial score (nSPS) is 33.7. The summed E-state index contributed by atoms with van der Waals surface area (Å²) in [7, 11) is -3.15. The van der Waals surface area contributed by atoms with Gasteiger partial charge >= 0.3 is 0 Å². The van der Waals surface area contributed by atoms with Gasteiger partial charge in [0.15, 0.2) is 0 Å². The van der Waals surface area contributed by atoms with E-state index in [4.69, 9.17) is 0 Å². The lowest BCUT2D eigenvalue weighted by Crippen LogP contribution is -2.43. The molecule has 5 heteroatoms. The van der Waals surface area contributed by atoms with E-state index in [1.807, 2.05) is 0 Å². The minimum Gasteiger partial charge on any atom is -0.391 e. The zero-order valence-electron chi connectivity index (χ0n) is 8.85. The monoisotopic (exact) mass is 233 g/mol. The van der Waals surface area contributed by atoms with Crippen LogP contribution in [0, 0.1) is 0 Å². The van der Waals surface area contributed by atoms with Gasteiger partial charge < -0.3 is 5.11 Å². The molecule has 0 spiro atoms. The molecule has 0 aromatic heterocycles. The van der Waals surface area contributed by atoms with Crippen molar-refractivity contribution in [2.75, 3.05) is 0 Å². The minimum atomic E-state index is -3.15. The Labute approximate surface area is 91.1 Å². The van der Waals surface area contributed by atoms with Crippen molar-refractivity contribution in [2.24, 2.45) is 0 Å². The molecular formula is C10H19NO3S. The maximum atomic E-state index is 11.7. The van der Waals surface area contributed by atoms with Gasteiger partial charge in [-0.1, -0.05) is 19.3 Å². The van der Waals surface area contributed by atoms with Gasteiger partial charge in [-0.15, -0.1) is 0 Å². The fraction of sp³-hybridized carbons (Fsp3) is 1.00. The molecule has 2 fully saturated rings. The topological polar surface area (TPSA) is 66.4 Å². The highest BCUT2D eigenvalue weighted by Crippen LogP contribution is 2.29. The van der Waals surface area contributed by atoms with Gasteiger partial charge in [0.1, 0.15) is 0 Å². The van der Waals surface area contributed by atoms with Crippen molar-refractivity contribution >= 4 is 10.0 Å². The van der Waals surface area contributed by atoms with E-state index in [0.29, 0.717) is 0 Å². The first kappa shape index (κ1) is 11.4. The molecule has 0 aromatic rings. The number of hydrogen-bond acceptors (Lipinski definition) is 3. The predicted molar refractivity (Wildman–Crippen MR) is 58.0 cm³/mol. The predicted octanol–water partition coefficient (Wildman–Crippen LogP) is 0.762. The van der Waals surface area contributed by atoms with E-state index >= 15 is 0 Å². The van der Waals surface area contributed by atoms with Crippen molar-refractivity contribution in [3.63, 3.8) is 0 Å². The van der Waals surface area contributed by atoms with E-state index in [1.165, 1.54) is 0 Å². The Hall–Kier alpha value is -0.130. The second-order valence-electron chi connectivity index (χ2n) is 4.67. The van der Waals surface area contributed by atoms with Crippen molar-refractivity contribution in [3.8, 4) is 0 Å². The van der Waals surface area contributed by atoms with Crippen LogP contribution in [0.4, 0.5) is 0 Å². The Morgan fingerprint density at radius 2 is 1.67 bits per heavy atom. The van der Waals surface area contributed by atoms with Gasteiger partial charge in [-0.25, -0.2) is 13.1 Å². The van der Waals surface area contributed by atoms with E-state index in [-0.39, 0.29) is 11.3 Å². The van der Waals surface area contributed by atoms with Crippen LogP contribution < -0.4 is 4.72 Å². The second kappa shape index (κ2) is 4.39. The molecule has 2 N–H and O–H groups in total. The van der Waals surface area contributed by atoms with Crippen LogP contribution in [0.5, 0.6) is 0 Å². The summed E-state index contributed by atoms with van der Waals surface area (Å²) in [4.78, 5) is 0. The summed E-state index contributed by atoms with van der Waals surface area (Å²) in [6, 6.07) is -0.252. The molecule has 2 rings (SSSR count). The van der Waals surface area contributed by atoms with Gasteiger partial charge in [0.2, 0.25) is 10.0 Å². The molecule has 2 aliphatic rings. The Kier molecular flexibility index (Phi) is 3.33. The Morgan fingerprint density at radius 3 is 2.33 bits per heavy atom. The molecule has 0 saturated heterocycles. The van der Waals surface area contributed by atoms with Crippen LogP contribution in [-0.2, 0) is 10.0 Å². The molecule has 2 unspecified atom stereocenters. The smallest absolute Gasteiger partial charge is 0.214 e. The van der Waals surface area contributed by atoms with Crippen LogP contribution in [0.25, 0.3) is 0 Å². The summed E-state index contributed by atoms with van der Waals surface area (Å²) in [6.45, 7) is 0. The third kappa shape index (κ3) is 2.92. The molecule has 15 heavy (non-hydrogen) atoms. The quantitative estimate of drug-likeness (QED) is 0.707. The first-order valence-electron chi connectivity index (χ1n) is 5.79. The van der Waals surface area contributed by atoms with E-state index in [9.17, 15) is 13.5 Å². The Balaban J connectivity index is 1.96. The SMILES string of the molecule is O=S(=O)(NC1CCCCCC1O)C1CC1. The number of aliphatic hydroxyl groups excluding tert-OH is 1. The van der Waals surface area contributed by atoms with Gasteiger partial charge in [-0.2, -0.15) is 0 Å². The molecule has 0 aliphatic heterocycles. The first-order valence-corrected chi connectivity index (χ1v) is 7.33. The van der Waals surface area contributed by atoms with Crippen LogP contribution in [0.3, 0.4) is 0 Å². The van der Waals surface area contributed by atoms with Crippen molar-refractivity contribution in [1.82, 2.24) is 4.72 Å². The molecule has 2 aliphatic carbocycles. The molecule has 2 atom stereocenters. The minimum absolute atomic E-state index is 0.187. The van der Waals surface area contributed by atoms with E-state index in [0.717, 1.165) is 44.9 Å². The maximum Gasteiger partial charge on any atom is 0.214 e. The number of nitrogens with one attached hydrogen (secondary N) is 1. The van der Waals surface area contributed by atoms with Gasteiger partial charge in [0.05, 0.1) is 11.4 Å². The fourth-order valence-corrected chi connectivity index (χ4v) is 3.76. The van der Waals surface area contributed by atoms with Crippen molar-refractivity contribution in [3.05, 3.63) is 0 Å². The Morgan fingerprint density at radius 1 is 1.00 bits per heavy atom. The standard InChI is InChI=1S/C10H19NO3S/c12-10-5-3-1-2-4-9(10)11-15(13,14)8-6-7-8/h8-12H,1-7H2. The highest BCUT2D eigenvalue weighted by Gasteiger charge is 2.38. The zero-order valence-corrected chi connectivity index (χ0v) is 9.67. The third-order valence-corrected chi connectivity index (χ3v) is 5.24. The van der Waals surface area contributed by atoms with Gasteiger partial charge in [-0.3, -0.25) is 0 Å². The zero-order chi connectivity index (χ0) is 10.9. The van der Waals surface area contributed by atoms with Crippen molar-refractivity contribution in [2.45, 2.75) is 62.3 Å². The van der Waals surface area contributed by atoms with Gasteiger partial charge in [-0.05, 0) is 25.7 Å². The number of sulfonamides is 1. The van der Waals surface area contributed by atoms with Gasteiger partial charge in [0, 0.05) is 6.04 Å². The summed E-state index contributed by atoms with van der Waals surface area (Å²) in [5.74, 6) is 0. The van der Waals surface area contributed by atoms with E-state index in [1.54, 1.807) is 0 Å². The highest BCUT2D eigenvalue weighted by atomic mass is 32.2. The molecule has 0 aromatic carbocycles. The molecule has 0 radical (unpaired) electrons. The van der Waals surface area contributed by atoms with E-state index < -0.39 is 16.1 Å². The number of rotatable bonds is 3. The molecular weight excluding hydrogens is 214 g/mol. The van der Waals surface area contributed by atoms with Crippen molar-refractivity contribution < 1.29 is 13.5 Å². The van der Waals surface area contributed by atoms with Crippen LogP contribution >= 0.6 is 0 Å². The summed E-state index contributed by atoms with van der Waals surface area (Å²) in [5.41, 5.74) is 0. The largest absolute Gasteiger partial charge is 0.391 e. The van der Waals surface area contributed by atoms with Crippen LogP contribution in [0.2, 0.25) is 0 Å². The first-order chi connectivity index (χ1) is 7.09. The lowest BCUT2D eigenvalue weighted by atomic mass is 10.1. The van der Waals surface area contributed by atoms with Crippen LogP contribution in [0.15, 0.2) is 0 Å². The number of hydrogen-bond donors (Lipinski definition) is 2. The van der Waals surface area contributed by atoms with Crippen LogP contribution in [-0.4, -0.2) is 30.9 Å². The summed E-state index contributed by atoms with van der Waals surface area (Å²) in [6.07, 6.45) is 5.65. The summed E-state index contributed by atoms with van der Waals surface area (Å²) < 4.78 is 26.1. The number of aliphatic hydroxyl groups is 1.